The van der Waals surface area contributed by atoms with Crippen LogP contribution < -0.4 is 0 Å². The molecule has 2 bridgehead atoms. The van der Waals surface area contributed by atoms with Crippen molar-refractivity contribution in [1.82, 2.24) is 0 Å². The van der Waals surface area contributed by atoms with Gasteiger partial charge in [0.05, 0.1) is 0 Å². The van der Waals surface area contributed by atoms with Gasteiger partial charge in [-0.3, -0.25) is 0 Å². The molecule has 436 valence electrons. The Hall–Kier alpha value is -7.02. The van der Waals surface area contributed by atoms with Gasteiger partial charge in [0.25, 0.3) is 0 Å². The number of benzene rings is 3. The van der Waals surface area contributed by atoms with Gasteiger partial charge in [-0.05, 0) is 248 Å². The summed E-state index contributed by atoms with van der Waals surface area (Å²) in [4.78, 5) is 0. The van der Waals surface area contributed by atoms with Crippen LogP contribution in [0.15, 0.2) is 252 Å². The van der Waals surface area contributed by atoms with Gasteiger partial charge >= 0.3 is 0 Å². The van der Waals surface area contributed by atoms with Gasteiger partial charge in [0.15, 0.2) is 0 Å². The normalized spacial score (nSPS) is 20.0. The Kier molecular flexibility index (Phi) is 26.3. The first kappa shape index (κ1) is 66.8. The van der Waals surface area contributed by atoms with Gasteiger partial charge in [0.2, 0.25) is 0 Å². The molecule has 0 heteroatoms. The van der Waals surface area contributed by atoms with Gasteiger partial charge < -0.3 is 0 Å². The van der Waals surface area contributed by atoms with Gasteiger partial charge in [-0.2, -0.15) is 0 Å². The van der Waals surface area contributed by atoms with E-state index in [-0.39, 0.29) is 10.8 Å². The molecule has 0 spiro atoms. The summed E-state index contributed by atoms with van der Waals surface area (Å²) in [6.07, 6.45) is 57.4. The summed E-state index contributed by atoms with van der Waals surface area (Å²) in [5.74, 6) is 0.984. The summed E-state index contributed by atoms with van der Waals surface area (Å²) in [5, 5.41) is 0. The fraction of sp³-hybridized carbons (Fsp3) is 0.349. The van der Waals surface area contributed by atoms with E-state index in [1.807, 2.05) is 0 Å². The second-order valence-electron chi connectivity index (χ2n) is 24.9. The molecule has 0 nitrogen and oxygen atoms in total. The summed E-state index contributed by atoms with van der Waals surface area (Å²) >= 11 is 0. The minimum Gasteiger partial charge on any atom is -0.0916 e. The zero-order valence-corrected chi connectivity index (χ0v) is 54.4. The average molecular weight is 1100 g/mol. The van der Waals surface area contributed by atoms with E-state index < -0.39 is 0 Å². The van der Waals surface area contributed by atoms with E-state index in [4.69, 9.17) is 0 Å². The molecular weight excluding hydrogens is 997 g/mol. The molecule has 2 unspecified atom stereocenters. The smallest absolute Gasteiger partial charge is 0.00806 e. The van der Waals surface area contributed by atoms with Gasteiger partial charge in [-0.15, -0.1) is 0 Å². The highest BCUT2D eigenvalue weighted by Crippen LogP contribution is 2.45. The molecule has 7 rings (SSSR count). The number of hydrogen-bond donors (Lipinski definition) is 0. The zero-order chi connectivity index (χ0) is 60.7. The van der Waals surface area contributed by atoms with Crippen LogP contribution in [0.2, 0.25) is 0 Å². The predicted octanol–water partition coefficient (Wildman–Crippen LogP) is 24.8. The summed E-state index contributed by atoms with van der Waals surface area (Å²) < 4.78 is 0. The van der Waals surface area contributed by atoms with Crippen molar-refractivity contribution in [1.29, 1.82) is 0 Å². The molecule has 83 heavy (non-hydrogen) atoms. The van der Waals surface area contributed by atoms with Crippen LogP contribution in [0, 0.1) is 22.7 Å². The molecule has 0 aromatic heterocycles. The topological polar surface area (TPSA) is 0 Å². The molecule has 2 atom stereocenters. The molecule has 0 amide bonds. The molecule has 3 aromatic carbocycles. The lowest BCUT2D eigenvalue weighted by Crippen LogP contribution is -2.13. The number of aryl methyl sites for hydroxylation is 2. The maximum absolute atomic E-state index is 4.53. The monoisotopic (exact) mass is 1100 g/mol. The molecule has 0 saturated carbocycles. The van der Waals surface area contributed by atoms with Crippen molar-refractivity contribution in [2.24, 2.45) is 22.7 Å². The lowest BCUT2D eigenvalue weighted by molar-refractivity contribution is 0.516. The highest BCUT2D eigenvalue weighted by Gasteiger charge is 2.27. The maximum atomic E-state index is 4.53. The highest BCUT2D eigenvalue weighted by molar-refractivity contribution is 6.00. The number of rotatable bonds is 15. The molecule has 0 saturated heterocycles. The molecule has 0 radical (unpaired) electrons. The fourth-order valence-corrected chi connectivity index (χ4v) is 11.2. The summed E-state index contributed by atoms with van der Waals surface area (Å²) in [6, 6.07) is 25.0. The molecule has 0 N–H and O–H groups in total. The van der Waals surface area contributed by atoms with E-state index in [9.17, 15) is 0 Å². The minimum absolute atomic E-state index is 0.123. The lowest BCUT2D eigenvalue weighted by Gasteiger charge is -2.30. The van der Waals surface area contributed by atoms with Crippen LogP contribution in [0.5, 0.6) is 0 Å². The van der Waals surface area contributed by atoms with Crippen molar-refractivity contribution in [2.75, 3.05) is 0 Å². The Bertz CT molecular complexity index is 3250. The van der Waals surface area contributed by atoms with E-state index >= 15 is 0 Å². The SMILES string of the molecule is C=C(/C=C(\C=C/C)C(C)(C)C)C1=CC(C)CCCC(=C/C)/C=C\1.C=C(/C=C\C(C)=C/C)C1=CC(c2ccc(C(/C=C\C)=C/C)cc2)=C(c2ccccc2CC)CC1CC=CC.C\C=C/C(=C\C1=C\C2=C/CCCc3ccc1c2c3)C(C)(C)C. The molecular formula is C83H104. The first-order valence-corrected chi connectivity index (χ1v) is 31.3. The Morgan fingerprint density at radius 2 is 1.37 bits per heavy atom. The Balaban J connectivity index is 0.000000242. The Morgan fingerprint density at radius 1 is 0.675 bits per heavy atom. The van der Waals surface area contributed by atoms with E-state index in [0.717, 1.165) is 30.4 Å². The van der Waals surface area contributed by atoms with Crippen LogP contribution in [-0.2, 0) is 12.8 Å². The van der Waals surface area contributed by atoms with Crippen LogP contribution in [0.25, 0.3) is 27.9 Å². The summed E-state index contributed by atoms with van der Waals surface area (Å²) in [6.45, 7) is 43.8. The standard InChI is InChI=1S/C38H44.C23H34.C22H26/c1-8-13-17-34-26-38(35-19-15-14-18-31(35)12-5)37(27-36(34)29(7)21-20-28(6)10-3)33-24-22-32(23-25-33)30(11-4)16-9-2;1-8-11-22(23(5,6)7)17-19(4)21-15-14-20(9-2)13-10-12-18(3)16-21;1-5-8-19(22(2,3)4)15-18-14-17-10-7-6-9-16-11-12-20(18)21(17)13-16/h8-11,13-16,18-25,27,34H,7,12,17,26H2,1-6H3;8-9,11,14-18H,4,10,12-13H2,1-3,5-7H3;5,8,10-15H,6-7,9H2,1-4H3/b13-8?,16-9-,21-20-,28-10-,30-11+;11-8-,15-14-,20-9-,21-16?,22-17+;8-5-,17-10+,19-15+. The molecule has 0 heterocycles. The third-order valence-corrected chi connectivity index (χ3v) is 16.4. The maximum Gasteiger partial charge on any atom is -0.00806 e. The van der Waals surface area contributed by atoms with Gasteiger partial charge in [0, 0.05) is 0 Å². The van der Waals surface area contributed by atoms with Gasteiger partial charge in [-0.1, -0.05) is 262 Å². The number of allylic oxidation sites excluding steroid dienone is 34. The first-order valence-electron chi connectivity index (χ1n) is 31.3. The third kappa shape index (κ3) is 19.5. The largest absolute Gasteiger partial charge is 0.0916 e. The van der Waals surface area contributed by atoms with Crippen LogP contribution in [-0.4, -0.2) is 0 Å². The van der Waals surface area contributed by atoms with Crippen LogP contribution in [0.3, 0.4) is 0 Å². The first-order chi connectivity index (χ1) is 39.7. The zero-order valence-electron chi connectivity index (χ0n) is 54.4. The summed E-state index contributed by atoms with van der Waals surface area (Å²) in [5.41, 5.74) is 26.8. The highest BCUT2D eigenvalue weighted by atomic mass is 14.3. The molecule has 4 aliphatic carbocycles. The van der Waals surface area contributed by atoms with Crippen LogP contribution in [0.4, 0.5) is 0 Å². The van der Waals surface area contributed by atoms with Gasteiger partial charge in [-0.25, -0.2) is 0 Å². The van der Waals surface area contributed by atoms with Crippen molar-refractivity contribution in [2.45, 2.75) is 169 Å². The lowest BCUT2D eigenvalue weighted by atomic mass is 9.74. The Morgan fingerprint density at radius 3 is 2.01 bits per heavy atom. The molecule has 0 fully saturated rings. The van der Waals surface area contributed by atoms with E-state index in [1.54, 1.807) is 0 Å². The fourth-order valence-electron chi connectivity index (χ4n) is 11.2. The number of fused-ring (bicyclic) bond motifs is 1. The predicted molar refractivity (Wildman–Crippen MR) is 374 cm³/mol. The van der Waals surface area contributed by atoms with Crippen molar-refractivity contribution in [3.8, 4) is 0 Å². The average Bonchev–Trinajstić information content (AvgIpc) is 3.35. The van der Waals surface area contributed by atoms with Crippen molar-refractivity contribution >= 4 is 27.9 Å². The van der Waals surface area contributed by atoms with Gasteiger partial charge in [0.1, 0.15) is 0 Å². The molecule has 4 aliphatic rings. The van der Waals surface area contributed by atoms with E-state index in [2.05, 4.69) is 318 Å². The van der Waals surface area contributed by atoms with Crippen molar-refractivity contribution in [3.05, 3.63) is 291 Å². The van der Waals surface area contributed by atoms with Crippen LogP contribution >= 0.6 is 0 Å². The molecule has 0 aliphatic heterocycles. The molecule has 3 aromatic rings. The second kappa shape index (κ2) is 32.7. The van der Waals surface area contributed by atoms with E-state index in [1.165, 1.54) is 139 Å². The van der Waals surface area contributed by atoms with Crippen LogP contribution in [0.1, 0.15) is 195 Å². The summed E-state index contributed by atoms with van der Waals surface area (Å²) in [7, 11) is 0. The van der Waals surface area contributed by atoms with E-state index in [0.29, 0.717) is 11.8 Å². The minimum atomic E-state index is 0.123. The second-order valence-corrected chi connectivity index (χ2v) is 24.9. The van der Waals surface area contributed by atoms with Crippen molar-refractivity contribution in [3.63, 3.8) is 0 Å². The number of hydrogen-bond acceptors (Lipinski definition) is 0. The Labute approximate surface area is 507 Å². The van der Waals surface area contributed by atoms with Crippen molar-refractivity contribution < 1.29 is 0 Å². The quantitative estimate of drug-likeness (QED) is 0.105. The third-order valence-electron chi connectivity index (χ3n) is 16.4.